The molecule has 2 aromatic carbocycles. The van der Waals surface area contributed by atoms with Crippen molar-refractivity contribution >= 4 is 17.7 Å². The van der Waals surface area contributed by atoms with Gasteiger partial charge in [0, 0.05) is 31.9 Å². The lowest BCUT2D eigenvalue weighted by atomic mass is 10.2. The summed E-state index contributed by atoms with van der Waals surface area (Å²) < 4.78 is 12.8. The molecule has 0 aromatic heterocycles. The highest BCUT2D eigenvalue weighted by Crippen LogP contribution is 2.09. The Morgan fingerprint density at radius 2 is 1.82 bits per heavy atom. The Labute approximate surface area is 130 Å². The third-order valence-electron chi connectivity index (χ3n) is 3.24. The van der Waals surface area contributed by atoms with Crippen LogP contribution in [-0.4, -0.2) is 26.0 Å². The number of para-hydroxylation sites is 1. The zero-order valence-corrected chi connectivity index (χ0v) is 12.5. The third-order valence-corrected chi connectivity index (χ3v) is 3.24. The minimum atomic E-state index is -0.287. The first kappa shape index (κ1) is 15.8. The predicted octanol–water partition coefficient (Wildman–Crippen LogP) is 3.09. The molecule has 0 aliphatic heterocycles. The first-order valence-corrected chi connectivity index (χ1v) is 7.13. The van der Waals surface area contributed by atoms with E-state index in [-0.39, 0.29) is 11.7 Å². The van der Waals surface area contributed by atoms with Crippen molar-refractivity contribution in [1.29, 1.82) is 0 Å². The number of rotatable bonds is 6. The number of anilines is 1. The molecule has 114 valence electrons. The minimum absolute atomic E-state index is 0.161. The number of halogens is 1. The molecule has 0 saturated carbocycles. The molecular weight excluding hydrogens is 279 g/mol. The molecule has 1 amide bonds. The standard InChI is InChI=1S/C18H19FN2O/c1-21(17-5-3-2-4-6-17)14-13-20-18(22)12-9-15-7-10-16(19)11-8-15/h2-12H,13-14H2,1H3,(H,20,22)/b12-9+. The summed E-state index contributed by atoms with van der Waals surface area (Å²) in [5.41, 5.74) is 1.90. The fourth-order valence-electron chi connectivity index (χ4n) is 1.96. The van der Waals surface area contributed by atoms with Gasteiger partial charge in [-0.3, -0.25) is 4.79 Å². The third kappa shape index (κ3) is 5.05. The van der Waals surface area contributed by atoms with Crippen LogP contribution in [0.2, 0.25) is 0 Å². The highest BCUT2D eigenvalue weighted by atomic mass is 19.1. The smallest absolute Gasteiger partial charge is 0.244 e. The molecule has 0 fully saturated rings. The molecular formula is C18H19FN2O. The molecule has 2 rings (SSSR count). The van der Waals surface area contributed by atoms with Crippen LogP contribution in [0.1, 0.15) is 5.56 Å². The summed E-state index contributed by atoms with van der Waals surface area (Å²) in [5.74, 6) is -0.448. The van der Waals surface area contributed by atoms with Crippen LogP contribution < -0.4 is 10.2 Å². The van der Waals surface area contributed by atoms with Gasteiger partial charge in [-0.2, -0.15) is 0 Å². The Kier molecular flexibility index (Phi) is 5.72. The van der Waals surface area contributed by atoms with Crippen molar-refractivity contribution in [3.63, 3.8) is 0 Å². The Morgan fingerprint density at radius 3 is 2.50 bits per heavy atom. The second kappa shape index (κ2) is 7.98. The number of carbonyl (C=O) groups excluding carboxylic acids is 1. The molecule has 4 heteroatoms. The summed E-state index contributed by atoms with van der Waals surface area (Å²) in [6, 6.07) is 16.0. The zero-order valence-electron chi connectivity index (χ0n) is 12.5. The minimum Gasteiger partial charge on any atom is -0.373 e. The van der Waals surface area contributed by atoms with Gasteiger partial charge in [-0.25, -0.2) is 4.39 Å². The Morgan fingerprint density at radius 1 is 1.14 bits per heavy atom. The number of carbonyl (C=O) groups is 1. The molecule has 22 heavy (non-hydrogen) atoms. The van der Waals surface area contributed by atoms with Crippen LogP contribution in [0.15, 0.2) is 60.7 Å². The summed E-state index contributed by atoms with van der Waals surface area (Å²) in [6.07, 6.45) is 3.12. The molecule has 0 saturated heterocycles. The van der Waals surface area contributed by atoms with Crippen LogP contribution in [0.25, 0.3) is 6.08 Å². The van der Waals surface area contributed by atoms with Crippen molar-refractivity contribution in [1.82, 2.24) is 5.32 Å². The molecule has 3 nitrogen and oxygen atoms in total. The number of likely N-dealkylation sites (N-methyl/N-ethyl adjacent to an activating group) is 1. The van der Waals surface area contributed by atoms with E-state index in [2.05, 4.69) is 10.2 Å². The second-order valence-electron chi connectivity index (χ2n) is 4.93. The van der Waals surface area contributed by atoms with E-state index in [1.807, 2.05) is 37.4 Å². The van der Waals surface area contributed by atoms with Gasteiger partial charge in [-0.15, -0.1) is 0 Å². The van der Waals surface area contributed by atoms with E-state index >= 15 is 0 Å². The van der Waals surface area contributed by atoms with Gasteiger partial charge in [-0.05, 0) is 35.9 Å². The summed E-state index contributed by atoms with van der Waals surface area (Å²) in [5, 5.41) is 2.82. The van der Waals surface area contributed by atoms with Gasteiger partial charge >= 0.3 is 0 Å². The van der Waals surface area contributed by atoms with Crippen LogP contribution in [0.3, 0.4) is 0 Å². The van der Waals surface area contributed by atoms with Crippen molar-refractivity contribution in [2.45, 2.75) is 0 Å². The van der Waals surface area contributed by atoms with E-state index in [1.54, 1.807) is 18.2 Å². The predicted molar refractivity (Wildman–Crippen MR) is 88.2 cm³/mol. The topological polar surface area (TPSA) is 32.3 Å². The maximum Gasteiger partial charge on any atom is 0.244 e. The van der Waals surface area contributed by atoms with Gasteiger partial charge in [0.15, 0.2) is 0 Å². The average molecular weight is 298 g/mol. The molecule has 0 unspecified atom stereocenters. The normalized spacial score (nSPS) is 10.6. The highest BCUT2D eigenvalue weighted by molar-refractivity contribution is 5.91. The number of benzene rings is 2. The molecule has 0 bridgehead atoms. The van der Waals surface area contributed by atoms with E-state index in [9.17, 15) is 9.18 Å². The van der Waals surface area contributed by atoms with Crippen LogP contribution >= 0.6 is 0 Å². The van der Waals surface area contributed by atoms with Gasteiger partial charge < -0.3 is 10.2 Å². The Hall–Kier alpha value is -2.62. The monoisotopic (exact) mass is 298 g/mol. The highest BCUT2D eigenvalue weighted by Gasteiger charge is 2.00. The lowest BCUT2D eigenvalue weighted by molar-refractivity contribution is -0.116. The molecule has 1 N–H and O–H groups in total. The Bertz CT molecular complexity index is 623. The maximum atomic E-state index is 12.8. The van der Waals surface area contributed by atoms with E-state index in [0.717, 1.165) is 17.8 Å². The van der Waals surface area contributed by atoms with Gasteiger partial charge in [0.05, 0.1) is 0 Å². The number of nitrogens with one attached hydrogen (secondary N) is 1. The lowest BCUT2D eigenvalue weighted by Gasteiger charge is -2.19. The molecule has 0 aliphatic carbocycles. The molecule has 0 atom stereocenters. The van der Waals surface area contributed by atoms with Crippen molar-refractivity contribution in [2.24, 2.45) is 0 Å². The van der Waals surface area contributed by atoms with E-state index in [4.69, 9.17) is 0 Å². The van der Waals surface area contributed by atoms with Gasteiger partial charge in [0.1, 0.15) is 5.82 Å². The quantitative estimate of drug-likeness (QED) is 0.831. The molecule has 0 spiro atoms. The summed E-state index contributed by atoms with van der Waals surface area (Å²) in [4.78, 5) is 13.8. The van der Waals surface area contributed by atoms with Crippen LogP contribution in [0, 0.1) is 5.82 Å². The number of hydrogen-bond donors (Lipinski definition) is 1. The fourth-order valence-corrected chi connectivity index (χ4v) is 1.96. The first-order valence-electron chi connectivity index (χ1n) is 7.13. The van der Waals surface area contributed by atoms with Crippen molar-refractivity contribution in [3.8, 4) is 0 Å². The largest absolute Gasteiger partial charge is 0.373 e. The fraction of sp³-hybridized carbons (Fsp3) is 0.167. The summed E-state index contributed by atoms with van der Waals surface area (Å²) >= 11 is 0. The summed E-state index contributed by atoms with van der Waals surface area (Å²) in [6.45, 7) is 1.28. The molecule has 2 aromatic rings. The van der Waals surface area contributed by atoms with Gasteiger partial charge in [0.2, 0.25) is 5.91 Å². The summed E-state index contributed by atoms with van der Waals surface area (Å²) in [7, 11) is 1.98. The van der Waals surface area contributed by atoms with E-state index < -0.39 is 0 Å². The zero-order chi connectivity index (χ0) is 15.8. The van der Waals surface area contributed by atoms with E-state index in [0.29, 0.717) is 6.54 Å². The maximum absolute atomic E-state index is 12.8. The lowest BCUT2D eigenvalue weighted by Crippen LogP contribution is -2.31. The second-order valence-corrected chi connectivity index (χ2v) is 4.93. The van der Waals surface area contributed by atoms with Crippen molar-refractivity contribution < 1.29 is 9.18 Å². The molecule has 0 radical (unpaired) electrons. The van der Waals surface area contributed by atoms with Crippen molar-refractivity contribution in [3.05, 3.63) is 72.1 Å². The van der Waals surface area contributed by atoms with Crippen LogP contribution in [0.4, 0.5) is 10.1 Å². The number of amides is 1. The van der Waals surface area contributed by atoms with E-state index in [1.165, 1.54) is 18.2 Å². The van der Waals surface area contributed by atoms with Crippen molar-refractivity contribution in [2.75, 3.05) is 25.0 Å². The number of hydrogen-bond acceptors (Lipinski definition) is 2. The number of nitrogens with zero attached hydrogens (tertiary/aromatic N) is 1. The Balaban J connectivity index is 1.75. The SMILES string of the molecule is CN(CCNC(=O)/C=C/c1ccc(F)cc1)c1ccccc1. The first-order chi connectivity index (χ1) is 10.6. The van der Waals surface area contributed by atoms with Gasteiger partial charge in [-0.1, -0.05) is 30.3 Å². The van der Waals surface area contributed by atoms with Gasteiger partial charge in [0.25, 0.3) is 0 Å². The average Bonchev–Trinajstić information content (AvgIpc) is 2.55. The molecule has 0 aliphatic rings. The molecule has 0 heterocycles. The van der Waals surface area contributed by atoms with Crippen LogP contribution in [0.5, 0.6) is 0 Å². The van der Waals surface area contributed by atoms with Crippen LogP contribution in [-0.2, 0) is 4.79 Å².